The van der Waals surface area contributed by atoms with Crippen LogP contribution in [0.3, 0.4) is 0 Å². The Morgan fingerprint density at radius 1 is 1.58 bits per heavy atom. The lowest BCUT2D eigenvalue weighted by Crippen LogP contribution is -2.24. The zero-order chi connectivity index (χ0) is 9.14. The van der Waals surface area contributed by atoms with Crippen molar-refractivity contribution in [2.75, 3.05) is 6.61 Å². The fraction of sp³-hybridized carbons (Fsp3) is 0.750. The largest absolute Gasteiger partial charge is 0.378 e. The third kappa shape index (κ3) is 2.30. The third-order valence-electron chi connectivity index (χ3n) is 1.70. The number of nitrogens with one attached hydrogen (secondary N) is 1. The maximum absolute atomic E-state index is 11.0. The lowest BCUT2D eigenvalue weighted by molar-refractivity contribution is -0.126. The molecule has 1 unspecified atom stereocenters. The quantitative estimate of drug-likeness (QED) is 0.611. The van der Waals surface area contributed by atoms with E-state index in [-0.39, 0.29) is 30.3 Å². The van der Waals surface area contributed by atoms with Gasteiger partial charge in [-0.1, -0.05) is 0 Å². The van der Waals surface area contributed by atoms with E-state index in [1.54, 1.807) is 0 Å². The van der Waals surface area contributed by atoms with Crippen molar-refractivity contribution in [3.05, 3.63) is 0 Å². The molecule has 68 valence electrons. The van der Waals surface area contributed by atoms with Gasteiger partial charge in [0.25, 0.3) is 0 Å². The van der Waals surface area contributed by atoms with Gasteiger partial charge < -0.3 is 4.74 Å². The number of carbonyl (C=O) groups is 2. The van der Waals surface area contributed by atoms with Crippen molar-refractivity contribution < 1.29 is 14.3 Å². The summed E-state index contributed by atoms with van der Waals surface area (Å²) in [5.74, 6) is -0.682. The minimum atomic E-state index is -0.278. The first-order valence-electron chi connectivity index (χ1n) is 4.05. The highest BCUT2D eigenvalue weighted by Crippen LogP contribution is 2.11. The summed E-state index contributed by atoms with van der Waals surface area (Å²) in [6, 6.07) is 0. The molecule has 0 spiro atoms. The normalized spacial score (nSPS) is 23.4. The van der Waals surface area contributed by atoms with Gasteiger partial charge in [0.1, 0.15) is 0 Å². The van der Waals surface area contributed by atoms with Crippen LogP contribution in [0.5, 0.6) is 0 Å². The Kier molecular flexibility index (Phi) is 2.81. The Hall–Kier alpha value is -0.900. The van der Waals surface area contributed by atoms with Crippen LogP contribution in [0.4, 0.5) is 0 Å². The molecular weight excluding hydrogens is 158 g/mol. The Morgan fingerprint density at radius 3 is 2.67 bits per heavy atom. The molecule has 4 heteroatoms. The van der Waals surface area contributed by atoms with Gasteiger partial charge in [-0.2, -0.15) is 0 Å². The van der Waals surface area contributed by atoms with Gasteiger partial charge in [-0.25, -0.2) is 0 Å². The standard InChI is InChI=1S/C8H13NO3/c1-5(2)12-4-6-3-7(10)9-8(6)11/h5-6H,3-4H2,1-2H3,(H,9,10,11). The van der Waals surface area contributed by atoms with Gasteiger partial charge in [0, 0.05) is 6.42 Å². The van der Waals surface area contributed by atoms with Crippen molar-refractivity contribution >= 4 is 11.8 Å². The molecule has 12 heavy (non-hydrogen) atoms. The predicted octanol–water partition coefficient (Wildman–Crippen LogP) is 0.0741. The first kappa shape index (κ1) is 9.19. The number of carbonyl (C=O) groups excluding carboxylic acids is 2. The van der Waals surface area contributed by atoms with Crippen molar-refractivity contribution in [2.45, 2.75) is 26.4 Å². The van der Waals surface area contributed by atoms with Gasteiger partial charge in [-0.05, 0) is 13.8 Å². The van der Waals surface area contributed by atoms with Gasteiger partial charge in [0.2, 0.25) is 11.8 Å². The number of imide groups is 1. The van der Waals surface area contributed by atoms with E-state index < -0.39 is 0 Å². The third-order valence-corrected chi connectivity index (χ3v) is 1.70. The molecule has 0 aromatic rings. The van der Waals surface area contributed by atoms with Crippen molar-refractivity contribution in [2.24, 2.45) is 5.92 Å². The van der Waals surface area contributed by atoms with Crippen LogP contribution in [-0.2, 0) is 14.3 Å². The Balaban J connectivity index is 2.33. The van der Waals surface area contributed by atoms with Gasteiger partial charge in [0.15, 0.2) is 0 Å². The highest BCUT2D eigenvalue weighted by atomic mass is 16.5. The summed E-state index contributed by atoms with van der Waals surface area (Å²) in [6.07, 6.45) is 0.374. The Bertz CT molecular complexity index is 200. The molecule has 1 rings (SSSR count). The molecule has 0 aliphatic carbocycles. The fourth-order valence-electron chi connectivity index (χ4n) is 1.05. The number of amides is 2. The second-order valence-corrected chi connectivity index (χ2v) is 3.20. The molecule has 1 fully saturated rings. The molecule has 1 saturated heterocycles. The average Bonchev–Trinajstić information content (AvgIpc) is 2.26. The summed E-state index contributed by atoms with van der Waals surface area (Å²) in [5.41, 5.74) is 0. The van der Waals surface area contributed by atoms with Gasteiger partial charge in [0.05, 0.1) is 18.6 Å². The maximum Gasteiger partial charge on any atom is 0.232 e. The van der Waals surface area contributed by atoms with Gasteiger partial charge >= 0.3 is 0 Å². The second kappa shape index (κ2) is 3.67. The second-order valence-electron chi connectivity index (χ2n) is 3.20. The van der Waals surface area contributed by atoms with E-state index in [0.717, 1.165) is 0 Å². The highest BCUT2D eigenvalue weighted by Gasteiger charge is 2.30. The smallest absolute Gasteiger partial charge is 0.232 e. The number of rotatable bonds is 3. The number of ether oxygens (including phenoxy) is 1. The van der Waals surface area contributed by atoms with Crippen LogP contribution in [0.15, 0.2) is 0 Å². The topological polar surface area (TPSA) is 55.4 Å². The van der Waals surface area contributed by atoms with Crippen LogP contribution in [0.25, 0.3) is 0 Å². The van der Waals surface area contributed by atoms with E-state index in [1.165, 1.54) is 0 Å². The van der Waals surface area contributed by atoms with E-state index in [2.05, 4.69) is 5.32 Å². The Labute approximate surface area is 71.3 Å². The molecular formula is C8H13NO3. The molecule has 1 heterocycles. The molecule has 4 nitrogen and oxygen atoms in total. The van der Waals surface area contributed by atoms with E-state index in [9.17, 15) is 9.59 Å². The Morgan fingerprint density at radius 2 is 2.25 bits per heavy atom. The van der Waals surface area contributed by atoms with E-state index in [1.807, 2.05) is 13.8 Å². The first-order valence-corrected chi connectivity index (χ1v) is 4.05. The zero-order valence-corrected chi connectivity index (χ0v) is 7.29. The van der Waals surface area contributed by atoms with Gasteiger partial charge in [-0.15, -0.1) is 0 Å². The SMILES string of the molecule is CC(C)OCC1CC(=O)NC1=O. The molecule has 2 amide bonds. The lowest BCUT2D eigenvalue weighted by atomic mass is 10.1. The number of hydrogen-bond donors (Lipinski definition) is 1. The zero-order valence-electron chi connectivity index (χ0n) is 7.29. The summed E-state index contributed by atoms with van der Waals surface area (Å²) in [4.78, 5) is 21.7. The van der Waals surface area contributed by atoms with E-state index in [4.69, 9.17) is 4.74 Å². The van der Waals surface area contributed by atoms with E-state index >= 15 is 0 Å². The van der Waals surface area contributed by atoms with Crippen LogP contribution < -0.4 is 5.32 Å². The molecule has 1 aliphatic heterocycles. The molecule has 1 N–H and O–H groups in total. The van der Waals surface area contributed by atoms with Crippen molar-refractivity contribution in [3.63, 3.8) is 0 Å². The predicted molar refractivity (Wildman–Crippen MR) is 42.3 cm³/mol. The van der Waals surface area contributed by atoms with Crippen LogP contribution >= 0.6 is 0 Å². The van der Waals surface area contributed by atoms with Gasteiger partial charge in [-0.3, -0.25) is 14.9 Å². The van der Waals surface area contributed by atoms with Crippen molar-refractivity contribution in [3.8, 4) is 0 Å². The van der Waals surface area contributed by atoms with Crippen LogP contribution in [0.1, 0.15) is 20.3 Å². The monoisotopic (exact) mass is 171 g/mol. The van der Waals surface area contributed by atoms with E-state index in [0.29, 0.717) is 6.61 Å². The maximum atomic E-state index is 11.0. The molecule has 1 atom stereocenters. The molecule has 0 aromatic carbocycles. The molecule has 0 aromatic heterocycles. The molecule has 0 saturated carbocycles. The molecule has 0 bridgehead atoms. The average molecular weight is 171 g/mol. The van der Waals surface area contributed by atoms with Crippen molar-refractivity contribution in [1.29, 1.82) is 0 Å². The van der Waals surface area contributed by atoms with Crippen LogP contribution in [-0.4, -0.2) is 24.5 Å². The first-order chi connectivity index (χ1) is 5.59. The minimum absolute atomic E-state index is 0.105. The highest BCUT2D eigenvalue weighted by molar-refractivity contribution is 6.03. The van der Waals surface area contributed by atoms with Crippen LogP contribution in [0.2, 0.25) is 0 Å². The summed E-state index contributed by atoms with van der Waals surface area (Å²) >= 11 is 0. The number of hydrogen-bond acceptors (Lipinski definition) is 3. The fourth-order valence-corrected chi connectivity index (χ4v) is 1.05. The summed E-state index contributed by atoms with van der Waals surface area (Å²) in [6.45, 7) is 4.14. The summed E-state index contributed by atoms with van der Waals surface area (Å²) < 4.78 is 5.23. The summed E-state index contributed by atoms with van der Waals surface area (Å²) in [7, 11) is 0. The molecule has 1 aliphatic rings. The lowest BCUT2D eigenvalue weighted by Gasteiger charge is -2.09. The summed E-state index contributed by atoms with van der Waals surface area (Å²) in [5, 5.41) is 2.23. The van der Waals surface area contributed by atoms with Crippen LogP contribution in [0, 0.1) is 5.92 Å². The molecule has 0 radical (unpaired) electrons. The minimum Gasteiger partial charge on any atom is -0.378 e. The van der Waals surface area contributed by atoms with Crippen molar-refractivity contribution in [1.82, 2.24) is 5.32 Å².